The molecule has 0 saturated carbocycles. The highest BCUT2D eigenvalue weighted by Gasteiger charge is 2.02. The summed E-state index contributed by atoms with van der Waals surface area (Å²) in [7, 11) is 0. The molecule has 0 aliphatic carbocycles. The van der Waals surface area contributed by atoms with Crippen molar-refractivity contribution in [1.29, 1.82) is 0 Å². The van der Waals surface area contributed by atoms with Crippen molar-refractivity contribution in [2.24, 2.45) is 5.73 Å². The lowest BCUT2D eigenvalue weighted by atomic mass is 10.2. The topological polar surface area (TPSA) is 85.0 Å². The monoisotopic (exact) mass is 273 g/mol. The second kappa shape index (κ2) is 6.10. The van der Waals surface area contributed by atoms with Crippen LogP contribution in [0, 0.1) is 0 Å². The highest BCUT2D eigenvalue weighted by molar-refractivity contribution is 5.88. The van der Waals surface area contributed by atoms with Gasteiger partial charge in [-0.3, -0.25) is 4.68 Å². The number of rotatable bonds is 5. The molecule has 20 heavy (non-hydrogen) atoms. The van der Waals surface area contributed by atoms with E-state index in [-0.39, 0.29) is 0 Å². The molecular formula is C14H19N5O. The predicted octanol–water partition coefficient (Wildman–Crippen LogP) is 2.57. The summed E-state index contributed by atoms with van der Waals surface area (Å²) in [6.45, 7) is 4.85. The molecular weight excluding hydrogens is 254 g/mol. The lowest BCUT2D eigenvalue weighted by molar-refractivity contribution is 0.259. The van der Waals surface area contributed by atoms with Crippen molar-refractivity contribution < 1.29 is 4.79 Å². The Morgan fingerprint density at radius 3 is 2.80 bits per heavy atom. The maximum Gasteiger partial charge on any atom is 0.316 e. The van der Waals surface area contributed by atoms with Crippen molar-refractivity contribution in [2.75, 3.05) is 10.6 Å². The van der Waals surface area contributed by atoms with Gasteiger partial charge in [0.1, 0.15) is 0 Å². The minimum absolute atomic E-state index is 0.354. The molecule has 1 aromatic carbocycles. The standard InChI is InChI=1S/C14H19N5O/c1-10(2)19-9-11(8-17-19)7-16-12-4-3-5-13(6-12)18-14(15)20/h3-6,8-10,16H,7H2,1-2H3,(H3,15,18,20). The molecule has 6 heteroatoms. The molecule has 0 radical (unpaired) electrons. The lowest BCUT2D eigenvalue weighted by Gasteiger charge is -2.08. The molecule has 0 saturated heterocycles. The molecule has 1 heterocycles. The van der Waals surface area contributed by atoms with Crippen LogP contribution in [0.25, 0.3) is 0 Å². The maximum absolute atomic E-state index is 10.8. The Morgan fingerprint density at radius 1 is 1.40 bits per heavy atom. The van der Waals surface area contributed by atoms with Gasteiger partial charge in [-0.25, -0.2) is 4.79 Å². The fourth-order valence-corrected chi connectivity index (χ4v) is 1.80. The summed E-state index contributed by atoms with van der Waals surface area (Å²) in [6, 6.07) is 7.18. The van der Waals surface area contributed by atoms with Gasteiger partial charge in [-0.15, -0.1) is 0 Å². The average molecular weight is 273 g/mol. The van der Waals surface area contributed by atoms with Crippen molar-refractivity contribution in [3.05, 3.63) is 42.2 Å². The zero-order valence-corrected chi connectivity index (χ0v) is 11.6. The summed E-state index contributed by atoms with van der Waals surface area (Å²) < 4.78 is 1.92. The van der Waals surface area contributed by atoms with Gasteiger partial charge in [0, 0.05) is 35.7 Å². The predicted molar refractivity (Wildman–Crippen MR) is 79.6 cm³/mol. The first-order valence-electron chi connectivity index (χ1n) is 6.48. The SMILES string of the molecule is CC(C)n1cc(CNc2cccc(NC(N)=O)c2)cn1. The number of nitrogens with two attached hydrogens (primary N) is 1. The highest BCUT2D eigenvalue weighted by atomic mass is 16.2. The number of aromatic nitrogens is 2. The number of nitrogens with zero attached hydrogens (tertiary/aromatic N) is 2. The van der Waals surface area contributed by atoms with Crippen LogP contribution in [0.3, 0.4) is 0 Å². The second-order valence-corrected chi connectivity index (χ2v) is 4.85. The first-order chi connectivity index (χ1) is 9.54. The number of hydrogen-bond donors (Lipinski definition) is 3. The van der Waals surface area contributed by atoms with Gasteiger partial charge in [-0.05, 0) is 32.0 Å². The molecule has 0 aliphatic rings. The Hall–Kier alpha value is -2.50. The molecule has 4 N–H and O–H groups in total. The van der Waals surface area contributed by atoms with E-state index in [1.54, 1.807) is 6.07 Å². The van der Waals surface area contributed by atoms with Crippen molar-refractivity contribution in [3.8, 4) is 0 Å². The average Bonchev–Trinajstić information content (AvgIpc) is 2.85. The quantitative estimate of drug-likeness (QED) is 0.782. The van der Waals surface area contributed by atoms with E-state index in [4.69, 9.17) is 5.73 Å². The van der Waals surface area contributed by atoms with Gasteiger partial charge >= 0.3 is 6.03 Å². The van der Waals surface area contributed by atoms with Gasteiger partial charge in [-0.2, -0.15) is 5.10 Å². The van der Waals surface area contributed by atoms with E-state index >= 15 is 0 Å². The first kappa shape index (κ1) is 13.9. The zero-order chi connectivity index (χ0) is 14.5. The number of amides is 2. The Bertz CT molecular complexity index is 591. The van der Waals surface area contributed by atoms with Crippen LogP contribution >= 0.6 is 0 Å². The summed E-state index contributed by atoms with van der Waals surface area (Å²) in [5.74, 6) is 0. The third kappa shape index (κ3) is 3.74. The number of urea groups is 1. The number of carbonyl (C=O) groups excluding carboxylic acids is 1. The fraction of sp³-hybridized carbons (Fsp3) is 0.286. The number of carbonyl (C=O) groups is 1. The van der Waals surface area contributed by atoms with Crippen molar-refractivity contribution in [2.45, 2.75) is 26.4 Å². The third-order valence-electron chi connectivity index (χ3n) is 2.81. The normalized spacial score (nSPS) is 10.6. The van der Waals surface area contributed by atoms with E-state index < -0.39 is 6.03 Å². The van der Waals surface area contributed by atoms with E-state index in [0.717, 1.165) is 11.3 Å². The highest BCUT2D eigenvalue weighted by Crippen LogP contribution is 2.16. The van der Waals surface area contributed by atoms with E-state index in [0.29, 0.717) is 18.3 Å². The number of anilines is 2. The third-order valence-corrected chi connectivity index (χ3v) is 2.81. The molecule has 2 amide bonds. The van der Waals surface area contributed by atoms with Crippen LogP contribution in [-0.4, -0.2) is 15.8 Å². The molecule has 2 rings (SSSR count). The van der Waals surface area contributed by atoms with Crippen LogP contribution in [0.2, 0.25) is 0 Å². The Labute approximate surface area is 118 Å². The van der Waals surface area contributed by atoms with E-state index in [2.05, 4.69) is 29.6 Å². The number of nitrogens with one attached hydrogen (secondary N) is 2. The molecule has 0 bridgehead atoms. The minimum Gasteiger partial charge on any atom is -0.381 e. The van der Waals surface area contributed by atoms with E-state index in [9.17, 15) is 4.79 Å². The smallest absolute Gasteiger partial charge is 0.316 e. The molecule has 0 unspecified atom stereocenters. The minimum atomic E-state index is -0.569. The van der Waals surface area contributed by atoms with Gasteiger partial charge < -0.3 is 16.4 Å². The molecule has 0 aliphatic heterocycles. The second-order valence-electron chi connectivity index (χ2n) is 4.85. The van der Waals surface area contributed by atoms with Gasteiger partial charge in [0.2, 0.25) is 0 Å². The van der Waals surface area contributed by atoms with Crippen LogP contribution in [0.5, 0.6) is 0 Å². The molecule has 0 atom stereocenters. The zero-order valence-electron chi connectivity index (χ0n) is 11.6. The van der Waals surface area contributed by atoms with Gasteiger partial charge in [0.05, 0.1) is 6.20 Å². The summed E-state index contributed by atoms with van der Waals surface area (Å²) in [4.78, 5) is 10.8. The summed E-state index contributed by atoms with van der Waals surface area (Å²) in [5, 5.41) is 10.1. The molecule has 6 nitrogen and oxygen atoms in total. The Balaban J connectivity index is 1.97. The lowest BCUT2D eigenvalue weighted by Crippen LogP contribution is -2.19. The van der Waals surface area contributed by atoms with Crippen LogP contribution in [-0.2, 0) is 6.54 Å². The number of primary amides is 1. The fourth-order valence-electron chi connectivity index (χ4n) is 1.80. The van der Waals surface area contributed by atoms with Crippen LogP contribution in [0.1, 0.15) is 25.5 Å². The molecule has 106 valence electrons. The summed E-state index contributed by atoms with van der Waals surface area (Å²) >= 11 is 0. The van der Waals surface area contributed by atoms with E-state index in [1.165, 1.54) is 0 Å². The van der Waals surface area contributed by atoms with Crippen LogP contribution in [0.15, 0.2) is 36.7 Å². The molecule has 1 aromatic heterocycles. The van der Waals surface area contributed by atoms with Crippen molar-refractivity contribution >= 4 is 17.4 Å². The van der Waals surface area contributed by atoms with Gasteiger partial charge in [-0.1, -0.05) is 6.07 Å². The van der Waals surface area contributed by atoms with Crippen molar-refractivity contribution in [3.63, 3.8) is 0 Å². The first-order valence-corrected chi connectivity index (χ1v) is 6.48. The van der Waals surface area contributed by atoms with Crippen LogP contribution < -0.4 is 16.4 Å². The largest absolute Gasteiger partial charge is 0.381 e. The van der Waals surface area contributed by atoms with E-state index in [1.807, 2.05) is 35.3 Å². The summed E-state index contributed by atoms with van der Waals surface area (Å²) in [5.41, 5.74) is 7.77. The van der Waals surface area contributed by atoms with Crippen LogP contribution in [0.4, 0.5) is 16.2 Å². The molecule has 0 spiro atoms. The Kier molecular flexibility index (Phi) is 4.24. The number of hydrogen-bond acceptors (Lipinski definition) is 3. The Morgan fingerprint density at radius 2 is 2.15 bits per heavy atom. The maximum atomic E-state index is 10.8. The summed E-state index contributed by atoms with van der Waals surface area (Å²) in [6.07, 6.45) is 3.86. The molecule has 0 fully saturated rings. The van der Waals surface area contributed by atoms with Gasteiger partial charge in [0.25, 0.3) is 0 Å². The molecule has 2 aromatic rings. The van der Waals surface area contributed by atoms with Gasteiger partial charge in [0.15, 0.2) is 0 Å². The van der Waals surface area contributed by atoms with Crippen molar-refractivity contribution in [1.82, 2.24) is 9.78 Å². The number of benzene rings is 1.